The van der Waals surface area contributed by atoms with Crippen LogP contribution in [0.2, 0.25) is 0 Å². The number of carbonyl (C=O) groups is 2. The summed E-state index contributed by atoms with van der Waals surface area (Å²) in [5.74, 6) is 1.27. The zero-order valence-corrected chi connectivity index (χ0v) is 12.4. The summed E-state index contributed by atoms with van der Waals surface area (Å²) in [6.07, 6.45) is 7.74. The number of amides is 1. The topological polar surface area (TPSA) is 37.4 Å². The third kappa shape index (κ3) is 3.37. The van der Waals surface area contributed by atoms with E-state index in [9.17, 15) is 9.59 Å². The molecule has 0 aromatic carbocycles. The normalized spacial score (nSPS) is 29.6. The van der Waals surface area contributed by atoms with Crippen LogP contribution in [0.3, 0.4) is 0 Å². The lowest BCUT2D eigenvalue weighted by atomic mass is 9.87. The Morgan fingerprint density at radius 3 is 2.74 bits per heavy atom. The molecule has 1 aliphatic heterocycles. The van der Waals surface area contributed by atoms with Crippen LogP contribution in [-0.2, 0) is 9.59 Å². The number of carbonyl (C=O) groups excluding carboxylic acids is 2. The maximum absolute atomic E-state index is 12.5. The maximum Gasteiger partial charge on any atom is 0.223 e. The third-order valence-electron chi connectivity index (χ3n) is 4.91. The molecule has 0 N–H and O–H groups in total. The Morgan fingerprint density at radius 2 is 2.11 bits per heavy atom. The van der Waals surface area contributed by atoms with E-state index in [0.717, 1.165) is 45.1 Å². The first-order chi connectivity index (χ1) is 9.13. The van der Waals surface area contributed by atoms with Gasteiger partial charge in [-0.1, -0.05) is 20.3 Å². The van der Waals surface area contributed by atoms with Gasteiger partial charge in [-0.25, -0.2) is 0 Å². The fraction of sp³-hybridized carbons (Fsp3) is 0.875. The Balaban J connectivity index is 2.03. The highest BCUT2D eigenvalue weighted by Crippen LogP contribution is 2.33. The average molecular weight is 265 g/mol. The number of likely N-dealkylation sites (tertiary alicyclic amines) is 1. The van der Waals surface area contributed by atoms with Crippen LogP contribution in [0.25, 0.3) is 0 Å². The van der Waals surface area contributed by atoms with Gasteiger partial charge in [0.15, 0.2) is 0 Å². The van der Waals surface area contributed by atoms with Gasteiger partial charge in [0.05, 0.1) is 0 Å². The molecular formula is C16H27NO2. The summed E-state index contributed by atoms with van der Waals surface area (Å²) in [6, 6.07) is 0.209. The second-order valence-electron chi connectivity index (χ2n) is 6.33. The van der Waals surface area contributed by atoms with Crippen molar-refractivity contribution in [3.8, 4) is 0 Å². The van der Waals surface area contributed by atoms with Crippen molar-refractivity contribution in [2.45, 2.75) is 71.3 Å². The smallest absolute Gasteiger partial charge is 0.223 e. The van der Waals surface area contributed by atoms with Crippen molar-refractivity contribution < 1.29 is 9.59 Å². The number of hydrogen-bond donors (Lipinski definition) is 0. The monoisotopic (exact) mass is 265 g/mol. The molecule has 1 saturated carbocycles. The van der Waals surface area contributed by atoms with Crippen LogP contribution < -0.4 is 0 Å². The molecule has 1 heterocycles. The van der Waals surface area contributed by atoms with Crippen molar-refractivity contribution in [3.63, 3.8) is 0 Å². The molecule has 0 spiro atoms. The number of Topliss-reactive ketones (excluding diaryl/α,β-unsaturated/α-hetero) is 1. The van der Waals surface area contributed by atoms with Crippen LogP contribution in [0.1, 0.15) is 65.2 Å². The Kier molecular flexibility index (Phi) is 5.00. The van der Waals surface area contributed by atoms with E-state index < -0.39 is 0 Å². The van der Waals surface area contributed by atoms with Gasteiger partial charge >= 0.3 is 0 Å². The van der Waals surface area contributed by atoms with Crippen LogP contribution in [0.4, 0.5) is 0 Å². The standard InChI is InChI=1S/C16H27NO2/c1-3-12(2)11-16(19)17-10-5-4-8-14(17)13-7-6-9-15(13)18/h12-14H,3-11H2,1-2H3. The van der Waals surface area contributed by atoms with E-state index in [-0.39, 0.29) is 17.9 Å². The van der Waals surface area contributed by atoms with Gasteiger partial charge in [-0.3, -0.25) is 9.59 Å². The number of rotatable bonds is 4. The van der Waals surface area contributed by atoms with E-state index in [0.29, 0.717) is 18.1 Å². The largest absolute Gasteiger partial charge is 0.339 e. The van der Waals surface area contributed by atoms with Crippen molar-refractivity contribution in [3.05, 3.63) is 0 Å². The second-order valence-corrected chi connectivity index (χ2v) is 6.33. The second kappa shape index (κ2) is 6.53. The summed E-state index contributed by atoms with van der Waals surface area (Å²) in [5.41, 5.74) is 0. The first-order valence-electron chi connectivity index (χ1n) is 7.95. The summed E-state index contributed by atoms with van der Waals surface area (Å²) in [6.45, 7) is 5.13. The van der Waals surface area contributed by atoms with Crippen LogP contribution in [0, 0.1) is 11.8 Å². The summed E-state index contributed by atoms with van der Waals surface area (Å²) in [4.78, 5) is 26.5. The molecule has 3 unspecified atom stereocenters. The first kappa shape index (κ1) is 14.5. The SMILES string of the molecule is CCC(C)CC(=O)N1CCCCC1C1CCCC1=O. The third-order valence-corrected chi connectivity index (χ3v) is 4.91. The van der Waals surface area contributed by atoms with Gasteiger partial charge in [-0.2, -0.15) is 0 Å². The molecule has 0 radical (unpaired) electrons. The van der Waals surface area contributed by atoms with E-state index in [4.69, 9.17) is 0 Å². The number of piperidine rings is 1. The summed E-state index contributed by atoms with van der Waals surface area (Å²) < 4.78 is 0. The van der Waals surface area contributed by atoms with Crippen molar-refractivity contribution in [1.82, 2.24) is 4.90 Å². The summed E-state index contributed by atoms with van der Waals surface area (Å²) in [7, 11) is 0. The molecule has 2 rings (SSSR count). The van der Waals surface area contributed by atoms with E-state index in [1.54, 1.807) is 0 Å². The molecule has 3 nitrogen and oxygen atoms in total. The zero-order chi connectivity index (χ0) is 13.8. The van der Waals surface area contributed by atoms with Gasteiger partial charge in [0.2, 0.25) is 5.91 Å². The average Bonchev–Trinajstić information content (AvgIpc) is 2.84. The van der Waals surface area contributed by atoms with Crippen LogP contribution in [0.5, 0.6) is 0 Å². The van der Waals surface area contributed by atoms with Crippen LogP contribution in [-0.4, -0.2) is 29.2 Å². The molecule has 0 aromatic heterocycles. The van der Waals surface area contributed by atoms with Crippen molar-refractivity contribution in [2.75, 3.05) is 6.54 Å². The Labute approximate surface area is 116 Å². The molecule has 3 heteroatoms. The predicted molar refractivity (Wildman–Crippen MR) is 75.8 cm³/mol. The molecule has 19 heavy (non-hydrogen) atoms. The van der Waals surface area contributed by atoms with Gasteiger partial charge < -0.3 is 4.90 Å². The molecule has 1 amide bonds. The minimum Gasteiger partial charge on any atom is -0.339 e. The number of hydrogen-bond acceptors (Lipinski definition) is 2. The van der Waals surface area contributed by atoms with Crippen molar-refractivity contribution in [2.24, 2.45) is 11.8 Å². The minimum atomic E-state index is 0.140. The number of ketones is 1. The van der Waals surface area contributed by atoms with E-state index >= 15 is 0 Å². The lowest BCUT2D eigenvalue weighted by Gasteiger charge is -2.39. The van der Waals surface area contributed by atoms with Crippen molar-refractivity contribution in [1.29, 1.82) is 0 Å². The Morgan fingerprint density at radius 1 is 1.32 bits per heavy atom. The molecule has 1 aliphatic carbocycles. The van der Waals surface area contributed by atoms with Gasteiger partial charge in [0.25, 0.3) is 0 Å². The predicted octanol–water partition coefficient (Wildman–Crippen LogP) is 3.17. The van der Waals surface area contributed by atoms with Gasteiger partial charge in [0.1, 0.15) is 5.78 Å². The van der Waals surface area contributed by atoms with Gasteiger partial charge in [-0.05, 0) is 38.0 Å². The highest BCUT2D eigenvalue weighted by atomic mass is 16.2. The van der Waals surface area contributed by atoms with Gasteiger partial charge in [-0.15, -0.1) is 0 Å². The first-order valence-corrected chi connectivity index (χ1v) is 7.95. The molecule has 108 valence electrons. The fourth-order valence-electron chi connectivity index (χ4n) is 3.49. The van der Waals surface area contributed by atoms with Gasteiger partial charge in [0, 0.05) is 31.3 Å². The zero-order valence-electron chi connectivity index (χ0n) is 12.4. The Bertz CT molecular complexity index is 340. The number of nitrogens with zero attached hydrogens (tertiary/aromatic N) is 1. The summed E-state index contributed by atoms with van der Waals surface area (Å²) in [5, 5.41) is 0. The quantitative estimate of drug-likeness (QED) is 0.783. The van der Waals surface area contributed by atoms with Crippen LogP contribution in [0.15, 0.2) is 0 Å². The van der Waals surface area contributed by atoms with E-state index in [2.05, 4.69) is 13.8 Å². The molecule has 0 bridgehead atoms. The molecule has 0 aromatic rings. The molecule has 2 fully saturated rings. The highest BCUT2D eigenvalue weighted by Gasteiger charge is 2.38. The highest BCUT2D eigenvalue weighted by molar-refractivity contribution is 5.85. The van der Waals surface area contributed by atoms with Crippen LogP contribution >= 0.6 is 0 Å². The molecular weight excluding hydrogens is 238 g/mol. The van der Waals surface area contributed by atoms with E-state index in [1.807, 2.05) is 4.90 Å². The minimum absolute atomic E-state index is 0.140. The lowest BCUT2D eigenvalue weighted by Crippen LogP contribution is -2.48. The summed E-state index contributed by atoms with van der Waals surface area (Å²) >= 11 is 0. The molecule has 1 saturated heterocycles. The van der Waals surface area contributed by atoms with E-state index in [1.165, 1.54) is 6.42 Å². The molecule has 3 atom stereocenters. The maximum atomic E-state index is 12.5. The molecule has 2 aliphatic rings. The Hall–Kier alpha value is -0.860. The lowest BCUT2D eigenvalue weighted by molar-refractivity contribution is -0.138. The van der Waals surface area contributed by atoms with Crippen molar-refractivity contribution >= 4 is 11.7 Å². The fourth-order valence-corrected chi connectivity index (χ4v) is 3.49.